The summed E-state index contributed by atoms with van der Waals surface area (Å²) in [5.74, 6) is 0.641. The Morgan fingerprint density at radius 1 is 1.19 bits per heavy atom. The van der Waals surface area contributed by atoms with Gasteiger partial charge in [0, 0.05) is 25.1 Å². The molecule has 0 aliphatic carbocycles. The van der Waals surface area contributed by atoms with E-state index in [0.717, 1.165) is 29.3 Å². The fraction of sp³-hybridized carbons (Fsp3) is 0.308. The molecule has 0 saturated carbocycles. The highest BCUT2D eigenvalue weighted by molar-refractivity contribution is 6.01. The Morgan fingerprint density at radius 3 is 2.56 bits per heavy atom. The molecule has 0 spiro atoms. The summed E-state index contributed by atoms with van der Waals surface area (Å²) in [6, 6.07) is 12.9. The van der Waals surface area contributed by atoms with Gasteiger partial charge in [-0.3, -0.25) is 14.8 Å². The number of benzene rings is 1. The fourth-order valence-electron chi connectivity index (χ4n) is 4.15. The first-order chi connectivity index (χ1) is 17.1. The molecule has 1 unspecified atom stereocenters. The summed E-state index contributed by atoms with van der Waals surface area (Å²) in [6.45, 7) is 4.82. The number of methoxy groups -OCH3 is 1. The second-order valence-electron chi connectivity index (χ2n) is 8.13. The van der Waals surface area contributed by atoms with Gasteiger partial charge in [-0.25, -0.2) is 13.8 Å². The molecule has 1 aliphatic rings. The molecule has 0 saturated heterocycles. The number of carboxylic acid groups (broad SMARTS) is 1. The minimum Gasteiger partial charge on any atom is -0.495 e. The first-order valence-corrected chi connectivity index (χ1v) is 11.1. The summed E-state index contributed by atoms with van der Waals surface area (Å²) in [4.78, 5) is 23.1. The molecule has 10 heteroatoms. The van der Waals surface area contributed by atoms with E-state index in [1.54, 1.807) is 31.5 Å². The van der Waals surface area contributed by atoms with Gasteiger partial charge < -0.3 is 20.3 Å². The maximum atomic E-state index is 12.6. The van der Waals surface area contributed by atoms with Crippen LogP contribution in [0, 0.1) is 13.8 Å². The SMILES string of the molecule is CC(=O)O.COc1c(C)cc(C2(c3cccc(OCCC(F)F)c3)N=C(N)c3ncccc32)nc1C. The summed E-state index contributed by atoms with van der Waals surface area (Å²) >= 11 is 0. The summed E-state index contributed by atoms with van der Waals surface area (Å²) in [5.41, 5.74) is 9.66. The van der Waals surface area contributed by atoms with Gasteiger partial charge >= 0.3 is 0 Å². The molecule has 0 fully saturated rings. The lowest BCUT2D eigenvalue weighted by molar-refractivity contribution is -0.134. The molecule has 0 bridgehead atoms. The van der Waals surface area contributed by atoms with Crippen molar-refractivity contribution in [3.8, 4) is 11.5 Å². The molecule has 3 heterocycles. The van der Waals surface area contributed by atoms with E-state index < -0.39 is 17.9 Å². The van der Waals surface area contributed by atoms with Crippen LogP contribution in [0.1, 0.15) is 47.1 Å². The van der Waals surface area contributed by atoms with Gasteiger partial charge in [0.25, 0.3) is 5.97 Å². The number of aryl methyl sites for hydroxylation is 2. The lowest BCUT2D eigenvalue weighted by Crippen LogP contribution is -2.27. The smallest absolute Gasteiger partial charge is 0.300 e. The van der Waals surface area contributed by atoms with Gasteiger partial charge in [-0.15, -0.1) is 0 Å². The van der Waals surface area contributed by atoms with Crippen LogP contribution in [0.15, 0.2) is 53.7 Å². The Hall–Kier alpha value is -4.08. The number of halogens is 2. The number of ether oxygens (including phenoxy) is 2. The van der Waals surface area contributed by atoms with Gasteiger partial charge in [0.05, 0.1) is 25.1 Å². The number of carboxylic acids is 1. The van der Waals surface area contributed by atoms with E-state index in [-0.39, 0.29) is 13.0 Å². The van der Waals surface area contributed by atoms with Gasteiger partial charge in [0.2, 0.25) is 6.43 Å². The van der Waals surface area contributed by atoms with E-state index in [1.165, 1.54) is 0 Å². The van der Waals surface area contributed by atoms with Crippen LogP contribution in [0.2, 0.25) is 0 Å². The Labute approximate surface area is 207 Å². The lowest BCUT2D eigenvalue weighted by atomic mass is 9.80. The van der Waals surface area contributed by atoms with Crippen molar-refractivity contribution >= 4 is 11.8 Å². The number of aromatic nitrogens is 2. The second-order valence-corrected chi connectivity index (χ2v) is 8.13. The zero-order valence-corrected chi connectivity index (χ0v) is 20.5. The van der Waals surface area contributed by atoms with Crippen LogP contribution in [0.4, 0.5) is 8.78 Å². The van der Waals surface area contributed by atoms with E-state index >= 15 is 0 Å². The molecule has 3 N–H and O–H groups in total. The van der Waals surface area contributed by atoms with Crippen molar-refractivity contribution in [2.75, 3.05) is 13.7 Å². The molecule has 2 aromatic heterocycles. The Morgan fingerprint density at radius 2 is 1.92 bits per heavy atom. The van der Waals surface area contributed by atoms with Crippen molar-refractivity contribution in [1.82, 2.24) is 9.97 Å². The summed E-state index contributed by atoms with van der Waals surface area (Å²) in [7, 11) is 1.61. The van der Waals surface area contributed by atoms with E-state index in [1.807, 2.05) is 38.1 Å². The van der Waals surface area contributed by atoms with Crippen molar-refractivity contribution in [3.05, 3.63) is 82.4 Å². The average Bonchev–Trinajstić information content (AvgIpc) is 3.12. The monoisotopic (exact) mass is 498 g/mol. The number of rotatable bonds is 7. The molecule has 0 amide bonds. The minimum atomic E-state index is -2.42. The first-order valence-electron chi connectivity index (χ1n) is 11.1. The van der Waals surface area contributed by atoms with Gasteiger partial charge in [-0.2, -0.15) is 0 Å². The molecule has 1 aliphatic heterocycles. The van der Waals surface area contributed by atoms with Gasteiger partial charge in [0.15, 0.2) is 5.54 Å². The van der Waals surface area contributed by atoms with Crippen LogP contribution in [-0.2, 0) is 10.3 Å². The number of nitrogens with zero attached hydrogens (tertiary/aromatic N) is 3. The van der Waals surface area contributed by atoms with Crippen molar-refractivity contribution in [2.24, 2.45) is 10.7 Å². The summed E-state index contributed by atoms with van der Waals surface area (Å²) in [6.07, 6.45) is -1.10. The third-order valence-electron chi connectivity index (χ3n) is 5.49. The average molecular weight is 499 g/mol. The number of carbonyl (C=O) groups is 1. The van der Waals surface area contributed by atoms with Crippen LogP contribution >= 0.6 is 0 Å². The van der Waals surface area contributed by atoms with Crippen LogP contribution in [0.5, 0.6) is 11.5 Å². The largest absolute Gasteiger partial charge is 0.495 e. The molecular formula is C26H28F2N4O4. The quantitative estimate of drug-likeness (QED) is 0.500. The number of pyridine rings is 2. The van der Waals surface area contributed by atoms with E-state index in [0.29, 0.717) is 28.7 Å². The van der Waals surface area contributed by atoms with Crippen molar-refractivity contribution in [2.45, 2.75) is 39.2 Å². The minimum absolute atomic E-state index is 0.0866. The van der Waals surface area contributed by atoms with E-state index in [9.17, 15) is 8.78 Å². The molecule has 3 aromatic rings. The Bertz CT molecular complexity index is 1260. The predicted octanol–water partition coefficient (Wildman–Crippen LogP) is 4.24. The number of aliphatic imine (C=N–C) groups is 1. The third-order valence-corrected chi connectivity index (χ3v) is 5.49. The maximum absolute atomic E-state index is 12.6. The number of fused-ring (bicyclic) bond motifs is 1. The third kappa shape index (κ3) is 5.42. The summed E-state index contributed by atoms with van der Waals surface area (Å²) < 4.78 is 36.2. The molecule has 1 atom stereocenters. The number of aliphatic carboxylic acids is 1. The van der Waals surface area contributed by atoms with Crippen LogP contribution in [0.3, 0.4) is 0 Å². The lowest BCUT2D eigenvalue weighted by Gasteiger charge is -2.29. The van der Waals surface area contributed by atoms with Crippen LogP contribution in [0.25, 0.3) is 0 Å². The Balaban J connectivity index is 0.000000840. The zero-order chi connectivity index (χ0) is 26.5. The number of amidine groups is 1. The van der Waals surface area contributed by atoms with E-state index in [2.05, 4.69) is 4.98 Å². The standard InChI is InChI=1S/C24H24F2N4O2.C2H4O2/c1-14-12-19(29-15(2)22(14)31-3)24(18-8-5-10-28-21(18)23(27)30-24)16-6-4-7-17(13-16)32-11-9-20(25)26;1-2(3)4/h4-8,10,12-13,20H,9,11H2,1-3H3,(H2,27,30);1H3,(H,3,4). The van der Waals surface area contributed by atoms with Crippen LogP contribution < -0.4 is 15.2 Å². The molecular weight excluding hydrogens is 470 g/mol. The maximum Gasteiger partial charge on any atom is 0.300 e. The highest BCUT2D eigenvalue weighted by atomic mass is 19.3. The highest BCUT2D eigenvalue weighted by Crippen LogP contribution is 2.46. The number of hydrogen-bond acceptors (Lipinski definition) is 7. The van der Waals surface area contributed by atoms with Gasteiger partial charge in [-0.1, -0.05) is 18.2 Å². The highest BCUT2D eigenvalue weighted by Gasteiger charge is 2.45. The van der Waals surface area contributed by atoms with Crippen molar-refractivity contribution in [3.63, 3.8) is 0 Å². The molecule has 0 radical (unpaired) electrons. The Kier molecular flexibility index (Phi) is 8.18. The molecule has 190 valence electrons. The summed E-state index contributed by atoms with van der Waals surface area (Å²) in [5, 5.41) is 7.42. The number of alkyl halides is 2. The van der Waals surface area contributed by atoms with E-state index in [4.69, 9.17) is 35.1 Å². The second kappa shape index (κ2) is 11.1. The predicted molar refractivity (Wildman–Crippen MR) is 131 cm³/mol. The fourth-order valence-corrected chi connectivity index (χ4v) is 4.15. The van der Waals surface area contributed by atoms with Crippen molar-refractivity contribution < 1.29 is 28.2 Å². The normalized spacial score (nSPS) is 16.0. The number of hydrogen-bond donors (Lipinski definition) is 2. The van der Waals surface area contributed by atoms with Gasteiger partial charge in [-0.05, 0) is 49.2 Å². The first kappa shape index (κ1) is 26.5. The van der Waals surface area contributed by atoms with Crippen LogP contribution in [-0.4, -0.2) is 47.0 Å². The van der Waals surface area contributed by atoms with Crippen molar-refractivity contribution in [1.29, 1.82) is 0 Å². The number of nitrogens with two attached hydrogens (primary N) is 1. The molecule has 4 rings (SSSR count). The molecule has 1 aromatic carbocycles. The van der Waals surface area contributed by atoms with Gasteiger partial charge in [0.1, 0.15) is 23.0 Å². The topological polar surface area (TPSA) is 120 Å². The molecule has 36 heavy (non-hydrogen) atoms. The zero-order valence-electron chi connectivity index (χ0n) is 20.5. The molecule has 8 nitrogen and oxygen atoms in total.